The highest BCUT2D eigenvalue weighted by molar-refractivity contribution is 7.16. The molecule has 3 aromatic rings. The first-order valence-corrected chi connectivity index (χ1v) is 13.8. The molecule has 2 aromatic carbocycles. The van der Waals surface area contributed by atoms with Crippen LogP contribution < -0.4 is 10.2 Å². The summed E-state index contributed by atoms with van der Waals surface area (Å²) in [7, 11) is 0. The number of rotatable bonds is 13. The van der Waals surface area contributed by atoms with Gasteiger partial charge in [-0.2, -0.15) is 0 Å². The third kappa shape index (κ3) is 6.71. The molecule has 1 atom stereocenters. The van der Waals surface area contributed by atoms with Crippen LogP contribution in [0.15, 0.2) is 41.2 Å². The summed E-state index contributed by atoms with van der Waals surface area (Å²) in [6.07, 6.45) is 10.5. The summed E-state index contributed by atoms with van der Waals surface area (Å²) in [6, 6.07) is 12.9. The zero-order valence-corrected chi connectivity index (χ0v) is 21.3. The first-order valence-electron chi connectivity index (χ1n) is 13.0. The van der Waals surface area contributed by atoms with E-state index in [-0.39, 0.29) is 4.87 Å². The van der Waals surface area contributed by atoms with Crippen LogP contribution in [0.2, 0.25) is 0 Å². The summed E-state index contributed by atoms with van der Waals surface area (Å²) in [5, 5.41) is 13.7. The van der Waals surface area contributed by atoms with Crippen molar-refractivity contribution in [1.82, 2.24) is 15.2 Å². The van der Waals surface area contributed by atoms with Crippen LogP contribution in [0.5, 0.6) is 5.75 Å². The van der Waals surface area contributed by atoms with Gasteiger partial charge in [0.1, 0.15) is 5.75 Å². The Balaban J connectivity index is 1.09. The highest BCUT2D eigenvalue weighted by Gasteiger charge is 2.24. The number of phenolic OH excluding ortho intramolecular Hbond substituents is 1. The van der Waals surface area contributed by atoms with Gasteiger partial charge in [0.2, 0.25) is 0 Å². The first-order chi connectivity index (χ1) is 16.6. The van der Waals surface area contributed by atoms with Gasteiger partial charge in [-0.05, 0) is 106 Å². The van der Waals surface area contributed by atoms with Crippen molar-refractivity contribution in [1.29, 1.82) is 0 Å². The molecule has 0 saturated carbocycles. The Kier molecular flexibility index (Phi) is 9.19. The molecule has 0 radical (unpaired) electrons. The van der Waals surface area contributed by atoms with Gasteiger partial charge in [-0.25, -0.2) is 0 Å². The van der Waals surface area contributed by atoms with E-state index >= 15 is 0 Å². The van der Waals surface area contributed by atoms with Gasteiger partial charge in [0.15, 0.2) is 0 Å². The van der Waals surface area contributed by atoms with Gasteiger partial charge in [-0.15, -0.1) is 0 Å². The molecule has 1 aliphatic rings. The molecule has 1 aromatic heterocycles. The molecule has 6 heteroatoms. The van der Waals surface area contributed by atoms with Gasteiger partial charge in [-0.1, -0.05) is 49.3 Å². The number of aromatic hydroxyl groups is 1. The van der Waals surface area contributed by atoms with E-state index in [0.717, 1.165) is 49.0 Å². The highest BCUT2D eigenvalue weighted by atomic mass is 32.1. The third-order valence-electron chi connectivity index (χ3n) is 7.08. The van der Waals surface area contributed by atoms with Crippen LogP contribution >= 0.6 is 11.3 Å². The maximum atomic E-state index is 11.5. The number of phenols is 1. The Labute approximate surface area is 207 Å². The lowest BCUT2D eigenvalue weighted by Crippen LogP contribution is -2.40. The Morgan fingerprint density at radius 2 is 2.00 bits per heavy atom. The van der Waals surface area contributed by atoms with Crippen LogP contribution in [-0.2, 0) is 19.3 Å². The molecular formula is C28H39N3O2S. The van der Waals surface area contributed by atoms with Gasteiger partial charge in [-0.3, -0.25) is 4.79 Å². The SMILES string of the molecule is CCCN(CCCCCCNCCc1ccc2[nH]c(=O)sc2c1)C1CCc2c(O)cccc2C1. The Morgan fingerprint density at radius 3 is 2.88 bits per heavy atom. The molecule has 0 aliphatic heterocycles. The lowest BCUT2D eigenvalue weighted by atomic mass is 9.86. The molecular weight excluding hydrogens is 442 g/mol. The lowest BCUT2D eigenvalue weighted by Gasteiger charge is -2.35. The van der Waals surface area contributed by atoms with E-state index in [1.165, 1.54) is 73.2 Å². The third-order valence-corrected chi connectivity index (χ3v) is 7.93. The van der Waals surface area contributed by atoms with Crippen LogP contribution in [0.3, 0.4) is 0 Å². The fraction of sp³-hybridized carbons (Fsp3) is 0.536. The number of hydrogen-bond acceptors (Lipinski definition) is 5. The summed E-state index contributed by atoms with van der Waals surface area (Å²) in [6.45, 7) is 6.69. The number of aromatic nitrogens is 1. The lowest BCUT2D eigenvalue weighted by molar-refractivity contribution is 0.175. The summed E-state index contributed by atoms with van der Waals surface area (Å²) in [5.74, 6) is 0.478. The van der Waals surface area contributed by atoms with Gasteiger partial charge in [0.05, 0.1) is 10.2 Å². The van der Waals surface area contributed by atoms with E-state index in [0.29, 0.717) is 11.8 Å². The fourth-order valence-electron chi connectivity index (χ4n) is 5.27. The van der Waals surface area contributed by atoms with Crippen molar-refractivity contribution in [2.45, 2.75) is 70.8 Å². The normalized spacial score (nSPS) is 15.8. The summed E-state index contributed by atoms with van der Waals surface area (Å²) in [5.41, 5.74) is 4.74. The van der Waals surface area contributed by atoms with Crippen molar-refractivity contribution in [3.63, 3.8) is 0 Å². The summed E-state index contributed by atoms with van der Waals surface area (Å²) in [4.78, 5) is 17.0. The van der Waals surface area contributed by atoms with Crippen LogP contribution in [0.4, 0.5) is 0 Å². The molecule has 1 heterocycles. The van der Waals surface area contributed by atoms with E-state index in [1.54, 1.807) is 0 Å². The molecule has 4 rings (SSSR count). The molecule has 0 amide bonds. The van der Waals surface area contributed by atoms with Crippen LogP contribution in [0, 0.1) is 0 Å². The standard InChI is InChI=1S/C28H39N3O2S/c1-2-17-31(23-11-12-24-22(20-23)8-7-9-26(24)32)18-6-4-3-5-15-29-16-14-21-10-13-25-27(19-21)34-28(33)30-25/h7-10,13,19,23,29,32H,2-6,11-12,14-18,20H2,1H3,(H,30,33). The minimum absolute atomic E-state index is 0.0208. The molecule has 1 unspecified atom stereocenters. The molecule has 0 spiro atoms. The highest BCUT2D eigenvalue weighted by Crippen LogP contribution is 2.30. The number of fused-ring (bicyclic) bond motifs is 2. The minimum atomic E-state index is 0.0208. The quantitative estimate of drug-likeness (QED) is 0.291. The Hall–Kier alpha value is -2.15. The first kappa shape index (κ1) is 25.0. The minimum Gasteiger partial charge on any atom is -0.508 e. The number of unbranched alkanes of at least 4 members (excludes halogenated alkanes) is 3. The van der Waals surface area contributed by atoms with Crippen LogP contribution in [0.25, 0.3) is 10.2 Å². The van der Waals surface area contributed by atoms with E-state index in [9.17, 15) is 9.90 Å². The zero-order chi connectivity index (χ0) is 23.8. The van der Waals surface area contributed by atoms with Crippen molar-refractivity contribution < 1.29 is 5.11 Å². The fourth-order valence-corrected chi connectivity index (χ4v) is 6.07. The second kappa shape index (κ2) is 12.5. The van der Waals surface area contributed by atoms with Crippen LogP contribution in [-0.4, -0.2) is 47.2 Å². The van der Waals surface area contributed by atoms with Crippen molar-refractivity contribution >= 4 is 21.6 Å². The number of hydrogen-bond donors (Lipinski definition) is 3. The maximum absolute atomic E-state index is 11.5. The molecule has 1 aliphatic carbocycles. The number of nitrogens with zero attached hydrogens (tertiary/aromatic N) is 1. The van der Waals surface area contributed by atoms with Crippen molar-refractivity contribution in [3.05, 3.63) is 62.8 Å². The molecule has 34 heavy (non-hydrogen) atoms. The van der Waals surface area contributed by atoms with Crippen molar-refractivity contribution in [3.8, 4) is 5.75 Å². The number of nitrogens with one attached hydrogen (secondary N) is 2. The largest absolute Gasteiger partial charge is 0.508 e. The van der Waals surface area contributed by atoms with Crippen molar-refractivity contribution in [2.24, 2.45) is 0 Å². The predicted octanol–water partition coefficient (Wildman–Crippen LogP) is 5.26. The second-order valence-electron chi connectivity index (χ2n) is 9.61. The number of thiazole rings is 1. The van der Waals surface area contributed by atoms with Gasteiger partial charge in [0, 0.05) is 6.04 Å². The number of aromatic amines is 1. The molecule has 3 N–H and O–H groups in total. The second-order valence-corrected chi connectivity index (χ2v) is 10.6. The molecule has 184 valence electrons. The van der Waals surface area contributed by atoms with Gasteiger partial charge < -0.3 is 20.3 Å². The average Bonchev–Trinajstić information content (AvgIpc) is 3.21. The monoisotopic (exact) mass is 481 g/mol. The molecule has 0 bridgehead atoms. The van der Waals surface area contributed by atoms with E-state index in [2.05, 4.69) is 40.3 Å². The van der Waals surface area contributed by atoms with Crippen LogP contribution in [0.1, 0.15) is 62.1 Å². The number of benzene rings is 2. The van der Waals surface area contributed by atoms with E-state index in [1.807, 2.05) is 18.2 Å². The molecule has 0 saturated heterocycles. The van der Waals surface area contributed by atoms with E-state index < -0.39 is 0 Å². The van der Waals surface area contributed by atoms with Gasteiger partial charge in [0.25, 0.3) is 0 Å². The summed E-state index contributed by atoms with van der Waals surface area (Å²) >= 11 is 1.29. The van der Waals surface area contributed by atoms with Crippen molar-refractivity contribution in [2.75, 3.05) is 26.2 Å². The maximum Gasteiger partial charge on any atom is 0.305 e. The zero-order valence-electron chi connectivity index (χ0n) is 20.4. The average molecular weight is 482 g/mol. The topological polar surface area (TPSA) is 68.4 Å². The molecule has 5 nitrogen and oxygen atoms in total. The van der Waals surface area contributed by atoms with Gasteiger partial charge >= 0.3 is 4.87 Å². The Bertz CT molecular complexity index is 1110. The smallest absolute Gasteiger partial charge is 0.305 e. The Morgan fingerprint density at radius 1 is 1.12 bits per heavy atom. The van der Waals surface area contributed by atoms with E-state index in [4.69, 9.17) is 0 Å². The molecule has 0 fully saturated rings. The summed E-state index contributed by atoms with van der Waals surface area (Å²) < 4.78 is 1.05. The predicted molar refractivity (Wildman–Crippen MR) is 143 cm³/mol. The number of H-pyrrole nitrogens is 1.